The molecule has 0 unspecified atom stereocenters. The third kappa shape index (κ3) is 2.61. The SMILES string of the molecule is N[C@H]1CCN(S(=O)(=O)c2c(Cl)cc(Cl)cc2Cl)C1. The number of nitrogens with two attached hydrogens (primary N) is 1. The van der Waals surface area contributed by atoms with Crippen LogP contribution >= 0.6 is 34.8 Å². The molecule has 1 aromatic rings. The molecule has 8 heteroatoms. The third-order valence-corrected chi connectivity index (χ3v) is 5.75. The molecule has 0 aliphatic carbocycles. The largest absolute Gasteiger partial charge is 0.326 e. The van der Waals surface area contributed by atoms with Crippen LogP contribution in [0.5, 0.6) is 0 Å². The molecule has 1 heterocycles. The van der Waals surface area contributed by atoms with Crippen molar-refractivity contribution < 1.29 is 8.42 Å². The molecule has 1 aliphatic rings. The summed E-state index contributed by atoms with van der Waals surface area (Å²) in [4.78, 5) is -0.107. The molecule has 1 atom stereocenters. The average molecular weight is 330 g/mol. The highest BCUT2D eigenvalue weighted by Gasteiger charge is 2.34. The molecule has 0 saturated carbocycles. The zero-order chi connectivity index (χ0) is 13.5. The highest BCUT2D eigenvalue weighted by molar-refractivity contribution is 7.89. The lowest BCUT2D eigenvalue weighted by molar-refractivity contribution is 0.472. The minimum atomic E-state index is -3.72. The van der Waals surface area contributed by atoms with Gasteiger partial charge in [-0.15, -0.1) is 0 Å². The van der Waals surface area contributed by atoms with E-state index in [1.807, 2.05) is 0 Å². The smallest absolute Gasteiger partial charge is 0.246 e. The molecule has 1 fully saturated rings. The van der Waals surface area contributed by atoms with Crippen LogP contribution in [0.25, 0.3) is 0 Å². The van der Waals surface area contributed by atoms with Crippen molar-refractivity contribution in [3.63, 3.8) is 0 Å². The van der Waals surface area contributed by atoms with Gasteiger partial charge in [0.1, 0.15) is 4.90 Å². The lowest BCUT2D eigenvalue weighted by Crippen LogP contribution is -2.32. The molecule has 0 amide bonds. The highest BCUT2D eigenvalue weighted by atomic mass is 35.5. The van der Waals surface area contributed by atoms with Crippen LogP contribution in [0.15, 0.2) is 17.0 Å². The van der Waals surface area contributed by atoms with Gasteiger partial charge in [0.05, 0.1) is 10.0 Å². The number of halogens is 3. The van der Waals surface area contributed by atoms with Crippen LogP contribution in [0.3, 0.4) is 0 Å². The minimum Gasteiger partial charge on any atom is -0.326 e. The molecule has 1 saturated heterocycles. The van der Waals surface area contributed by atoms with Crippen molar-refractivity contribution in [2.75, 3.05) is 13.1 Å². The predicted octanol–water partition coefficient (Wildman–Crippen LogP) is 2.37. The fourth-order valence-corrected chi connectivity index (χ4v) is 4.88. The second-order valence-corrected chi connectivity index (χ2v) is 7.24. The summed E-state index contributed by atoms with van der Waals surface area (Å²) in [5, 5.41) is 0.336. The van der Waals surface area contributed by atoms with E-state index in [1.54, 1.807) is 0 Å². The molecular weight excluding hydrogens is 319 g/mol. The fraction of sp³-hybridized carbons (Fsp3) is 0.400. The van der Waals surface area contributed by atoms with E-state index < -0.39 is 10.0 Å². The monoisotopic (exact) mass is 328 g/mol. The quantitative estimate of drug-likeness (QED) is 0.906. The van der Waals surface area contributed by atoms with Crippen LogP contribution in [0.1, 0.15) is 6.42 Å². The topological polar surface area (TPSA) is 63.4 Å². The maximum atomic E-state index is 12.4. The zero-order valence-corrected chi connectivity index (χ0v) is 12.3. The summed E-state index contributed by atoms with van der Waals surface area (Å²) in [6.45, 7) is 0.649. The van der Waals surface area contributed by atoms with Gasteiger partial charge in [0.2, 0.25) is 10.0 Å². The van der Waals surface area contributed by atoms with Crippen LogP contribution in [-0.4, -0.2) is 31.9 Å². The van der Waals surface area contributed by atoms with Crippen LogP contribution in [0.4, 0.5) is 0 Å². The number of sulfonamides is 1. The summed E-state index contributed by atoms with van der Waals surface area (Å²) >= 11 is 17.6. The Balaban J connectivity index is 2.48. The average Bonchev–Trinajstić information content (AvgIpc) is 2.63. The van der Waals surface area contributed by atoms with Crippen LogP contribution in [0, 0.1) is 0 Å². The highest BCUT2D eigenvalue weighted by Crippen LogP contribution is 2.35. The van der Waals surface area contributed by atoms with Gasteiger partial charge in [-0.3, -0.25) is 0 Å². The van der Waals surface area contributed by atoms with E-state index in [9.17, 15) is 8.42 Å². The minimum absolute atomic E-state index is 0.0213. The number of hydrogen-bond donors (Lipinski definition) is 1. The van der Waals surface area contributed by atoms with Crippen molar-refractivity contribution in [3.8, 4) is 0 Å². The molecule has 0 radical (unpaired) electrons. The number of benzene rings is 1. The standard InChI is InChI=1S/C10H11Cl3N2O2S/c11-6-3-8(12)10(9(13)4-6)18(16,17)15-2-1-7(14)5-15/h3-4,7H,1-2,5,14H2/t7-/m0/s1. The van der Waals surface area contributed by atoms with Crippen molar-refractivity contribution >= 4 is 44.8 Å². The molecule has 1 aliphatic heterocycles. The molecule has 100 valence electrons. The zero-order valence-electron chi connectivity index (χ0n) is 9.24. The number of nitrogens with zero attached hydrogens (tertiary/aromatic N) is 1. The summed E-state index contributed by atoms with van der Waals surface area (Å²) in [5.41, 5.74) is 5.71. The second kappa shape index (κ2) is 5.15. The lowest BCUT2D eigenvalue weighted by atomic mass is 10.3. The fourth-order valence-electron chi connectivity index (χ4n) is 1.88. The van der Waals surface area contributed by atoms with Crippen LogP contribution < -0.4 is 5.73 Å². The molecule has 1 aromatic carbocycles. The van der Waals surface area contributed by atoms with E-state index in [4.69, 9.17) is 40.5 Å². The van der Waals surface area contributed by atoms with E-state index in [-0.39, 0.29) is 27.5 Å². The van der Waals surface area contributed by atoms with Gasteiger partial charge in [0.25, 0.3) is 0 Å². The van der Waals surface area contributed by atoms with Crippen LogP contribution in [0.2, 0.25) is 15.1 Å². The molecule has 18 heavy (non-hydrogen) atoms. The summed E-state index contributed by atoms with van der Waals surface area (Å²) < 4.78 is 26.1. The maximum Gasteiger partial charge on any atom is 0.246 e. The van der Waals surface area contributed by atoms with E-state index >= 15 is 0 Å². The number of hydrogen-bond acceptors (Lipinski definition) is 3. The van der Waals surface area contributed by atoms with Crippen molar-refractivity contribution in [2.45, 2.75) is 17.4 Å². The number of rotatable bonds is 2. The van der Waals surface area contributed by atoms with Gasteiger partial charge in [-0.1, -0.05) is 34.8 Å². The summed E-state index contributed by atoms with van der Waals surface area (Å²) in [6.07, 6.45) is 0.627. The normalized spacial score (nSPS) is 21.4. The van der Waals surface area contributed by atoms with Gasteiger partial charge in [0.15, 0.2) is 0 Å². The van der Waals surface area contributed by atoms with Crippen molar-refractivity contribution in [2.24, 2.45) is 5.73 Å². The second-order valence-electron chi connectivity index (χ2n) is 4.11. The van der Waals surface area contributed by atoms with Gasteiger partial charge >= 0.3 is 0 Å². The van der Waals surface area contributed by atoms with E-state index in [2.05, 4.69) is 0 Å². The Morgan fingerprint density at radius 2 is 1.78 bits per heavy atom. The summed E-state index contributed by atoms with van der Waals surface area (Å²) in [6, 6.07) is 2.57. The molecule has 2 rings (SSSR count). The molecule has 0 spiro atoms. The maximum absolute atomic E-state index is 12.4. The lowest BCUT2D eigenvalue weighted by Gasteiger charge is -2.18. The first kappa shape index (κ1) is 14.4. The van der Waals surface area contributed by atoms with Gasteiger partial charge in [0, 0.05) is 24.2 Å². The Hall–Kier alpha value is -0.0400. The van der Waals surface area contributed by atoms with E-state index in [0.717, 1.165) is 0 Å². The predicted molar refractivity (Wildman–Crippen MR) is 72.8 cm³/mol. The van der Waals surface area contributed by atoms with Gasteiger partial charge in [-0.2, -0.15) is 4.31 Å². The first-order valence-corrected chi connectivity index (χ1v) is 7.80. The summed E-state index contributed by atoms with van der Waals surface area (Å²) in [7, 11) is -3.72. The Labute approximate surface area is 121 Å². The molecular formula is C10H11Cl3N2O2S. The third-order valence-electron chi connectivity index (χ3n) is 2.75. The van der Waals surface area contributed by atoms with Crippen molar-refractivity contribution in [1.82, 2.24) is 4.31 Å². The van der Waals surface area contributed by atoms with E-state index in [0.29, 0.717) is 18.0 Å². The first-order valence-electron chi connectivity index (χ1n) is 5.22. The molecule has 2 N–H and O–H groups in total. The van der Waals surface area contributed by atoms with E-state index in [1.165, 1.54) is 16.4 Å². The van der Waals surface area contributed by atoms with Gasteiger partial charge < -0.3 is 5.73 Å². The van der Waals surface area contributed by atoms with Gasteiger partial charge in [-0.25, -0.2) is 8.42 Å². The molecule has 4 nitrogen and oxygen atoms in total. The van der Waals surface area contributed by atoms with Crippen molar-refractivity contribution in [1.29, 1.82) is 0 Å². The van der Waals surface area contributed by atoms with Crippen molar-refractivity contribution in [3.05, 3.63) is 27.2 Å². The Bertz CT molecular complexity index is 553. The van der Waals surface area contributed by atoms with Gasteiger partial charge in [-0.05, 0) is 18.6 Å². The van der Waals surface area contributed by atoms with Crippen LogP contribution in [-0.2, 0) is 10.0 Å². The Morgan fingerprint density at radius 3 is 2.22 bits per heavy atom. The first-order chi connectivity index (χ1) is 8.32. The molecule has 0 aromatic heterocycles. The Kier molecular flexibility index (Phi) is 4.11. The Morgan fingerprint density at radius 1 is 1.22 bits per heavy atom. The summed E-state index contributed by atoms with van der Waals surface area (Å²) in [5.74, 6) is 0. The molecule has 0 bridgehead atoms.